The molecule has 0 aromatic heterocycles. The molecule has 2 aromatic rings. The third-order valence-electron chi connectivity index (χ3n) is 4.47. The van der Waals surface area contributed by atoms with Crippen LogP contribution >= 0.6 is 0 Å². The molecule has 1 aliphatic heterocycles. The van der Waals surface area contributed by atoms with Crippen molar-refractivity contribution in [2.24, 2.45) is 5.10 Å². The first-order chi connectivity index (χ1) is 15.6. The molecule has 0 aliphatic carbocycles. The number of hydrazone groups is 1. The molecule has 0 atom stereocenters. The van der Waals surface area contributed by atoms with E-state index in [2.05, 4.69) is 22.8 Å². The quantitative estimate of drug-likeness (QED) is 0.315. The molecule has 3 rings (SSSR count). The Kier molecular flexibility index (Phi) is 8.30. The summed E-state index contributed by atoms with van der Waals surface area (Å²) in [4.78, 5) is 24.2. The highest BCUT2D eigenvalue weighted by Crippen LogP contribution is 2.32. The predicted molar refractivity (Wildman–Crippen MR) is 119 cm³/mol. The van der Waals surface area contributed by atoms with E-state index in [9.17, 15) is 9.59 Å². The number of amides is 2. The van der Waals surface area contributed by atoms with E-state index < -0.39 is 11.8 Å². The standard InChI is InChI=1S/C23H27N3O6/c1-3-5-10-30-18-8-6-16(11-20(18)29-4-2)13-25-26-22(27)14-24-23(28)17-7-9-19-21(12-17)32-15-31-19/h6-9,11-13H,3-5,10,14-15H2,1-2H3,(H,24,28)(H,26,27)/b25-13+. The molecule has 32 heavy (non-hydrogen) atoms. The number of hydrogen-bond donors (Lipinski definition) is 2. The number of nitrogens with one attached hydrogen (secondary N) is 2. The lowest BCUT2D eigenvalue weighted by Gasteiger charge is -2.12. The molecule has 0 unspecified atom stereocenters. The average molecular weight is 441 g/mol. The number of benzene rings is 2. The fourth-order valence-corrected chi connectivity index (χ4v) is 2.84. The number of carbonyl (C=O) groups excluding carboxylic acids is 2. The van der Waals surface area contributed by atoms with E-state index in [0.717, 1.165) is 18.4 Å². The summed E-state index contributed by atoms with van der Waals surface area (Å²) in [5, 5.41) is 6.48. The molecule has 0 bridgehead atoms. The molecule has 2 amide bonds. The molecular weight excluding hydrogens is 414 g/mol. The molecular formula is C23H27N3O6. The third kappa shape index (κ3) is 6.37. The lowest BCUT2D eigenvalue weighted by atomic mass is 10.2. The van der Waals surface area contributed by atoms with E-state index in [4.69, 9.17) is 18.9 Å². The van der Waals surface area contributed by atoms with Crippen molar-refractivity contribution in [1.82, 2.24) is 10.7 Å². The number of fused-ring (bicyclic) bond motifs is 1. The van der Waals surface area contributed by atoms with E-state index in [0.29, 0.717) is 41.8 Å². The van der Waals surface area contributed by atoms with E-state index in [1.165, 1.54) is 6.21 Å². The zero-order valence-corrected chi connectivity index (χ0v) is 18.2. The van der Waals surface area contributed by atoms with Crippen molar-refractivity contribution >= 4 is 18.0 Å². The summed E-state index contributed by atoms with van der Waals surface area (Å²) in [6.45, 7) is 5.03. The fourth-order valence-electron chi connectivity index (χ4n) is 2.84. The summed E-state index contributed by atoms with van der Waals surface area (Å²) in [6, 6.07) is 10.3. The predicted octanol–water partition coefficient (Wildman–Crippen LogP) is 2.87. The van der Waals surface area contributed by atoms with Crippen LogP contribution in [0.2, 0.25) is 0 Å². The molecule has 1 aliphatic rings. The van der Waals surface area contributed by atoms with Gasteiger partial charge in [0.1, 0.15) is 0 Å². The molecule has 2 N–H and O–H groups in total. The van der Waals surface area contributed by atoms with Crippen LogP contribution < -0.4 is 29.7 Å². The van der Waals surface area contributed by atoms with Gasteiger partial charge in [0.2, 0.25) is 6.79 Å². The Morgan fingerprint density at radius 2 is 1.91 bits per heavy atom. The molecule has 9 heteroatoms. The van der Waals surface area contributed by atoms with Crippen LogP contribution in [-0.2, 0) is 4.79 Å². The zero-order chi connectivity index (χ0) is 22.8. The number of ether oxygens (including phenoxy) is 4. The molecule has 9 nitrogen and oxygen atoms in total. The van der Waals surface area contributed by atoms with Crippen LogP contribution in [0.5, 0.6) is 23.0 Å². The maximum Gasteiger partial charge on any atom is 0.259 e. The van der Waals surface area contributed by atoms with Gasteiger partial charge in [0.25, 0.3) is 11.8 Å². The largest absolute Gasteiger partial charge is 0.490 e. The minimum atomic E-state index is -0.458. The number of unbranched alkanes of at least 4 members (excludes halogenated alkanes) is 1. The third-order valence-corrected chi connectivity index (χ3v) is 4.47. The van der Waals surface area contributed by atoms with Crippen LogP contribution in [0.1, 0.15) is 42.6 Å². The van der Waals surface area contributed by atoms with Gasteiger partial charge in [-0.05, 0) is 55.3 Å². The lowest BCUT2D eigenvalue weighted by Crippen LogP contribution is -2.34. The highest BCUT2D eigenvalue weighted by Gasteiger charge is 2.16. The lowest BCUT2D eigenvalue weighted by molar-refractivity contribution is -0.120. The molecule has 0 saturated heterocycles. The smallest absolute Gasteiger partial charge is 0.259 e. The number of nitrogens with zero attached hydrogens (tertiary/aromatic N) is 1. The highest BCUT2D eigenvalue weighted by molar-refractivity contribution is 5.97. The van der Waals surface area contributed by atoms with Gasteiger partial charge in [-0.15, -0.1) is 0 Å². The van der Waals surface area contributed by atoms with Gasteiger partial charge < -0.3 is 24.3 Å². The molecule has 1 heterocycles. The van der Waals surface area contributed by atoms with Crippen LogP contribution in [0.3, 0.4) is 0 Å². The summed E-state index contributed by atoms with van der Waals surface area (Å²) < 4.78 is 21.8. The Morgan fingerprint density at radius 3 is 2.72 bits per heavy atom. The van der Waals surface area contributed by atoms with Crippen LogP contribution in [0.25, 0.3) is 0 Å². The van der Waals surface area contributed by atoms with Gasteiger partial charge in [-0.25, -0.2) is 5.43 Å². The van der Waals surface area contributed by atoms with Gasteiger partial charge in [0.15, 0.2) is 23.0 Å². The summed E-state index contributed by atoms with van der Waals surface area (Å²) >= 11 is 0. The maximum atomic E-state index is 12.2. The summed E-state index contributed by atoms with van der Waals surface area (Å²) in [7, 11) is 0. The monoisotopic (exact) mass is 441 g/mol. The summed E-state index contributed by atoms with van der Waals surface area (Å²) in [6.07, 6.45) is 3.51. The second-order valence-electron chi connectivity index (χ2n) is 6.89. The van der Waals surface area contributed by atoms with E-state index in [-0.39, 0.29) is 13.3 Å². The van der Waals surface area contributed by atoms with Crippen molar-refractivity contribution in [3.8, 4) is 23.0 Å². The molecule has 170 valence electrons. The number of hydrogen-bond acceptors (Lipinski definition) is 7. The van der Waals surface area contributed by atoms with E-state index in [1.54, 1.807) is 24.3 Å². The minimum absolute atomic E-state index is 0.126. The summed E-state index contributed by atoms with van der Waals surface area (Å²) in [5.41, 5.74) is 3.49. The van der Waals surface area contributed by atoms with Gasteiger partial charge in [0.05, 0.1) is 26.0 Å². The number of rotatable bonds is 11. The van der Waals surface area contributed by atoms with Crippen molar-refractivity contribution in [3.05, 3.63) is 47.5 Å². The maximum absolute atomic E-state index is 12.2. The Labute approximate surface area is 186 Å². The van der Waals surface area contributed by atoms with Crippen molar-refractivity contribution in [3.63, 3.8) is 0 Å². The minimum Gasteiger partial charge on any atom is -0.490 e. The van der Waals surface area contributed by atoms with Crippen LogP contribution in [0.15, 0.2) is 41.5 Å². The second-order valence-corrected chi connectivity index (χ2v) is 6.89. The van der Waals surface area contributed by atoms with E-state index in [1.807, 2.05) is 19.1 Å². The fraction of sp³-hybridized carbons (Fsp3) is 0.348. The van der Waals surface area contributed by atoms with Gasteiger partial charge in [0, 0.05) is 5.56 Å². The van der Waals surface area contributed by atoms with Crippen LogP contribution in [0.4, 0.5) is 0 Å². The molecule has 0 fully saturated rings. The Hall–Kier alpha value is -3.75. The average Bonchev–Trinajstić information content (AvgIpc) is 3.27. The molecule has 2 aromatic carbocycles. The van der Waals surface area contributed by atoms with Crippen molar-refractivity contribution in [2.75, 3.05) is 26.6 Å². The number of carbonyl (C=O) groups is 2. The first-order valence-corrected chi connectivity index (χ1v) is 10.5. The van der Waals surface area contributed by atoms with E-state index >= 15 is 0 Å². The SMILES string of the molecule is CCCCOc1ccc(/C=N/NC(=O)CNC(=O)c2ccc3c(c2)OCO3)cc1OCC. The Bertz CT molecular complexity index is 976. The first-order valence-electron chi connectivity index (χ1n) is 10.5. The Morgan fingerprint density at radius 1 is 1.06 bits per heavy atom. The van der Waals surface area contributed by atoms with Crippen LogP contribution in [-0.4, -0.2) is 44.6 Å². The molecule has 0 radical (unpaired) electrons. The van der Waals surface area contributed by atoms with Crippen LogP contribution in [0, 0.1) is 0 Å². The van der Waals surface area contributed by atoms with Gasteiger partial charge in [-0.2, -0.15) is 5.10 Å². The van der Waals surface area contributed by atoms with Gasteiger partial charge in [-0.1, -0.05) is 13.3 Å². The highest BCUT2D eigenvalue weighted by atomic mass is 16.7. The second kappa shape index (κ2) is 11.6. The van der Waals surface area contributed by atoms with Crippen molar-refractivity contribution in [1.29, 1.82) is 0 Å². The molecule has 0 spiro atoms. The van der Waals surface area contributed by atoms with Crippen molar-refractivity contribution in [2.45, 2.75) is 26.7 Å². The molecule has 0 saturated carbocycles. The van der Waals surface area contributed by atoms with Crippen molar-refractivity contribution < 1.29 is 28.5 Å². The Balaban J connectivity index is 1.49. The summed E-state index contributed by atoms with van der Waals surface area (Å²) in [5.74, 6) is 1.52. The normalized spacial score (nSPS) is 11.9. The van der Waals surface area contributed by atoms with Gasteiger partial charge in [-0.3, -0.25) is 9.59 Å². The topological polar surface area (TPSA) is 107 Å². The first kappa shape index (κ1) is 22.9. The van der Waals surface area contributed by atoms with Gasteiger partial charge >= 0.3 is 0 Å². The zero-order valence-electron chi connectivity index (χ0n) is 18.2.